The van der Waals surface area contributed by atoms with Gasteiger partial charge in [-0.3, -0.25) is 11.5 Å². The average molecular weight is 236 g/mol. The fourth-order valence-electron chi connectivity index (χ4n) is 1.45. The van der Waals surface area contributed by atoms with Gasteiger partial charge in [0.15, 0.2) is 0 Å². The summed E-state index contributed by atoms with van der Waals surface area (Å²) in [5.74, 6) is -1.67. The Morgan fingerprint density at radius 1 is 1.00 bits per heavy atom. The monoisotopic (exact) mass is 236 g/mol. The van der Waals surface area contributed by atoms with E-state index in [1.165, 1.54) is 6.92 Å². The van der Waals surface area contributed by atoms with Crippen molar-refractivity contribution in [1.29, 1.82) is 0 Å². The van der Waals surface area contributed by atoms with Crippen molar-refractivity contribution in [3.05, 3.63) is 0 Å². The Bertz CT molecular complexity index is 195. The van der Waals surface area contributed by atoms with Gasteiger partial charge in [0.2, 0.25) is 5.72 Å². The molecule has 2 atom stereocenters. The Morgan fingerprint density at radius 2 is 1.38 bits per heavy atom. The third-order valence-corrected chi connectivity index (χ3v) is 2.27. The van der Waals surface area contributed by atoms with Crippen LogP contribution >= 0.6 is 0 Å². The molecule has 0 aromatic heterocycles. The van der Waals surface area contributed by atoms with Crippen molar-refractivity contribution >= 4 is 0 Å². The number of hydrogen-bond acceptors (Lipinski definition) is 6. The highest BCUT2D eigenvalue weighted by molar-refractivity contribution is 4.92. The van der Waals surface area contributed by atoms with Crippen LogP contribution in [0.1, 0.15) is 27.7 Å². The number of aliphatic hydroxyl groups is 1. The van der Waals surface area contributed by atoms with Gasteiger partial charge in [-0.2, -0.15) is 0 Å². The van der Waals surface area contributed by atoms with Gasteiger partial charge in [-0.1, -0.05) is 0 Å². The van der Waals surface area contributed by atoms with Crippen LogP contribution in [0.3, 0.4) is 0 Å². The number of rotatable bonds is 8. The Morgan fingerprint density at radius 3 is 1.62 bits per heavy atom. The van der Waals surface area contributed by atoms with Crippen LogP contribution in [0.15, 0.2) is 0 Å². The van der Waals surface area contributed by atoms with E-state index in [1.54, 1.807) is 20.8 Å². The van der Waals surface area contributed by atoms with E-state index in [9.17, 15) is 5.11 Å². The van der Waals surface area contributed by atoms with Crippen LogP contribution in [-0.2, 0) is 14.2 Å². The standard InChI is InChI=1S/C10H24N2O4/c1-5-14-9(11,8(4)13)10(12,15-6-2)16-7-3/h8,13H,5-7,11-12H2,1-4H3. The molecule has 2 unspecified atom stereocenters. The summed E-state index contributed by atoms with van der Waals surface area (Å²) in [7, 11) is 0. The maximum absolute atomic E-state index is 9.70. The molecular formula is C10H24N2O4. The summed E-state index contributed by atoms with van der Waals surface area (Å²) in [6, 6.07) is 0. The summed E-state index contributed by atoms with van der Waals surface area (Å²) in [5.41, 5.74) is 10.3. The van der Waals surface area contributed by atoms with E-state index in [4.69, 9.17) is 25.7 Å². The van der Waals surface area contributed by atoms with E-state index in [0.717, 1.165) is 0 Å². The van der Waals surface area contributed by atoms with Gasteiger partial charge < -0.3 is 19.3 Å². The molecule has 0 bridgehead atoms. The Balaban J connectivity index is 5.07. The SMILES string of the molecule is CCOC(N)(OCC)C(N)(OCC)C(C)O. The number of ether oxygens (including phenoxy) is 3. The number of nitrogens with two attached hydrogens (primary N) is 2. The van der Waals surface area contributed by atoms with Crippen LogP contribution in [0.5, 0.6) is 0 Å². The lowest BCUT2D eigenvalue weighted by atomic mass is 10.0. The molecule has 0 radical (unpaired) electrons. The third kappa shape index (κ3) is 3.13. The Hall–Kier alpha value is -0.240. The highest BCUT2D eigenvalue weighted by Gasteiger charge is 2.53. The van der Waals surface area contributed by atoms with Gasteiger partial charge in [-0.05, 0) is 27.7 Å². The summed E-state index contributed by atoms with van der Waals surface area (Å²) < 4.78 is 15.9. The summed E-state index contributed by atoms with van der Waals surface area (Å²) in [4.78, 5) is 0. The zero-order valence-electron chi connectivity index (χ0n) is 10.5. The molecule has 0 aliphatic rings. The van der Waals surface area contributed by atoms with Gasteiger partial charge >= 0.3 is 0 Å². The highest BCUT2D eigenvalue weighted by Crippen LogP contribution is 2.25. The molecular weight excluding hydrogens is 212 g/mol. The summed E-state index contributed by atoms with van der Waals surface area (Å²) in [5, 5.41) is 9.70. The molecule has 0 spiro atoms. The van der Waals surface area contributed by atoms with Gasteiger partial charge in [-0.25, -0.2) is 0 Å². The predicted molar refractivity (Wildman–Crippen MR) is 60.4 cm³/mol. The summed E-state index contributed by atoms with van der Waals surface area (Å²) in [6.07, 6.45) is -1.03. The molecule has 6 nitrogen and oxygen atoms in total. The molecule has 0 aliphatic heterocycles. The van der Waals surface area contributed by atoms with Crippen molar-refractivity contribution < 1.29 is 19.3 Å². The second-order valence-corrected chi connectivity index (χ2v) is 3.44. The normalized spacial score (nSPS) is 18.2. The molecule has 0 fully saturated rings. The first-order chi connectivity index (χ1) is 7.38. The van der Waals surface area contributed by atoms with Crippen molar-refractivity contribution in [3.63, 3.8) is 0 Å². The molecule has 98 valence electrons. The molecule has 0 saturated heterocycles. The number of aliphatic hydroxyl groups excluding tert-OH is 1. The van der Waals surface area contributed by atoms with Crippen molar-refractivity contribution in [2.45, 2.75) is 45.4 Å². The van der Waals surface area contributed by atoms with Crippen LogP contribution in [0, 0.1) is 0 Å². The summed E-state index contributed by atoms with van der Waals surface area (Å²) >= 11 is 0. The average Bonchev–Trinajstić information content (AvgIpc) is 2.18. The zero-order chi connectivity index (χ0) is 12.8. The minimum absolute atomic E-state index is 0.292. The van der Waals surface area contributed by atoms with E-state index >= 15 is 0 Å². The lowest BCUT2D eigenvalue weighted by Crippen LogP contribution is -2.74. The van der Waals surface area contributed by atoms with E-state index in [-0.39, 0.29) is 0 Å². The van der Waals surface area contributed by atoms with Gasteiger partial charge in [0.25, 0.3) is 5.91 Å². The van der Waals surface area contributed by atoms with Crippen molar-refractivity contribution in [2.75, 3.05) is 19.8 Å². The zero-order valence-corrected chi connectivity index (χ0v) is 10.5. The fourth-order valence-corrected chi connectivity index (χ4v) is 1.45. The molecule has 0 aromatic rings. The molecule has 0 saturated carbocycles. The summed E-state index contributed by atoms with van der Waals surface area (Å²) in [6.45, 7) is 7.65. The second kappa shape index (κ2) is 6.48. The largest absolute Gasteiger partial charge is 0.389 e. The predicted octanol–water partition coefficient (Wildman–Crippen LogP) is -0.256. The third-order valence-electron chi connectivity index (χ3n) is 2.27. The Labute approximate surface area is 96.8 Å². The van der Waals surface area contributed by atoms with Crippen LogP contribution in [0.25, 0.3) is 0 Å². The second-order valence-electron chi connectivity index (χ2n) is 3.44. The first kappa shape index (κ1) is 15.8. The smallest absolute Gasteiger partial charge is 0.272 e. The van der Waals surface area contributed by atoms with Gasteiger partial charge in [0.05, 0.1) is 0 Å². The van der Waals surface area contributed by atoms with Crippen LogP contribution in [-0.4, -0.2) is 42.7 Å². The van der Waals surface area contributed by atoms with Crippen molar-refractivity contribution in [1.82, 2.24) is 0 Å². The van der Waals surface area contributed by atoms with Crippen LogP contribution < -0.4 is 11.5 Å². The fraction of sp³-hybridized carbons (Fsp3) is 1.00. The lowest BCUT2D eigenvalue weighted by molar-refractivity contribution is -0.344. The molecule has 6 heteroatoms. The first-order valence-electron chi connectivity index (χ1n) is 5.55. The molecule has 0 rings (SSSR count). The van der Waals surface area contributed by atoms with E-state index in [1.807, 2.05) is 0 Å². The molecule has 5 N–H and O–H groups in total. The van der Waals surface area contributed by atoms with E-state index in [2.05, 4.69) is 0 Å². The Kier molecular flexibility index (Phi) is 6.39. The molecule has 0 aliphatic carbocycles. The van der Waals surface area contributed by atoms with E-state index < -0.39 is 17.7 Å². The van der Waals surface area contributed by atoms with Crippen LogP contribution in [0.4, 0.5) is 0 Å². The maximum Gasteiger partial charge on any atom is 0.272 e. The van der Waals surface area contributed by atoms with Crippen molar-refractivity contribution in [3.8, 4) is 0 Å². The molecule has 0 amide bonds. The molecule has 0 heterocycles. The molecule has 16 heavy (non-hydrogen) atoms. The van der Waals surface area contributed by atoms with E-state index in [0.29, 0.717) is 19.8 Å². The topological polar surface area (TPSA) is 100.0 Å². The minimum atomic E-state index is -1.67. The van der Waals surface area contributed by atoms with Gasteiger partial charge in [0, 0.05) is 19.8 Å². The lowest BCUT2D eigenvalue weighted by Gasteiger charge is -2.45. The van der Waals surface area contributed by atoms with Gasteiger partial charge in [0.1, 0.15) is 6.10 Å². The van der Waals surface area contributed by atoms with Crippen molar-refractivity contribution in [2.24, 2.45) is 11.5 Å². The number of hydrogen-bond donors (Lipinski definition) is 3. The first-order valence-corrected chi connectivity index (χ1v) is 5.55. The van der Waals surface area contributed by atoms with Gasteiger partial charge in [-0.15, -0.1) is 0 Å². The maximum atomic E-state index is 9.70. The molecule has 0 aromatic carbocycles. The quantitative estimate of drug-likeness (QED) is 0.502. The van der Waals surface area contributed by atoms with Crippen LogP contribution in [0.2, 0.25) is 0 Å². The highest BCUT2D eigenvalue weighted by atomic mass is 16.7. The minimum Gasteiger partial charge on any atom is -0.389 e.